The summed E-state index contributed by atoms with van der Waals surface area (Å²) in [5.41, 5.74) is 8.22. The van der Waals surface area contributed by atoms with Gasteiger partial charge >= 0.3 is 0 Å². The van der Waals surface area contributed by atoms with E-state index < -0.39 is 0 Å². The minimum Gasteiger partial charge on any atom is -0.494 e. The van der Waals surface area contributed by atoms with Gasteiger partial charge in [0.1, 0.15) is 11.6 Å². The molecule has 1 aromatic carbocycles. The number of benzene rings is 1. The van der Waals surface area contributed by atoms with Crippen molar-refractivity contribution in [2.45, 2.75) is 13.8 Å². The van der Waals surface area contributed by atoms with Crippen molar-refractivity contribution in [1.82, 2.24) is 9.38 Å². The molecule has 4 nitrogen and oxygen atoms in total. The molecule has 0 atom stereocenters. The van der Waals surface area contributed by atoms with Gasteiger partial charge in [0.25, 0.3) is 0 Å². The highest BCUT2D eigenvalue weighted by Crippen LogP contribution is 2.33. The van der Waals surface area contributed by atoms with Crippen molar-refractivity contribution in [2.75, 3.05) is 12.3 Å². The molecule has 0 bridgehead atoms. The lowest BCUT2D eigenvalue weighted by atomic mass is 10.1. The fraction of sp³-hybridized carbons (Fsp3) is 0.214. The van der Waals surface area contributed by atoms with E-state index in [9.17, 15) is 0 Å². The van der Waals surface area contributed by atoms with E-state index in [0.717, 1.165) is 22.0 Å². The maximum absolute atomic E-state index is 5.99. The number of imidazole rings is 1. The third-order valence-electron chi connectivity index (χ3n) is 3.00. The molecule has 0 aliphatic carbocycles. The van der Waals surface area contributed by atoms with Crippen LogP contribution in [0, 0.1) is 6.92 Å². The van der Waals surface area contributed by atoms with Crippen LogP contribution in [0.1, 0.15) is 11.8 Å². The third kappa shape index (κ3) is 1.96. The highest BCUT2D eigenvalue weighted by Gasteiger charge is 2.14. The maximum Gasteiger partial charge on any atom is 0.196 e. The van der Waals surface area contributed by atoms with Gasteiger partial charge in [0.05, 0.1) is 18.5 Å². The van der Waals surface area contributed by atoms with Gasteiger partial charge < -0.3 is 10.5 Å². The van der Waals surface area contributed by atoms with E-state index in [4.69, 9.17) is 10.5 Å². The largest absolute Gasteiger partial charge is 0.494 e. The van der Waals surface area contributed by atoms with Crippen molar-refractivity contribution in [3.05, 3.63) is 35.3 Å². The molecule has 2 aromatic heterocycles. The van der Waals surface area contributed by atoms with Crippen LogP contribution in [-0.2, 0) is 0 Å². The highest BCUT2D eigenvalue weighted by atomic mass is 32.1. The molecule has 0 aliphatic rings. The van der Waals surface area contributed by atoms with Crippen molar-refractivity contribution in [3.8, 4) is 17.0 Å². The van der Waals surface area contributed by atoms with E-state index in [1.807, 2.05) is 23.5 Å². The maximum atomic E-state index is 5.99. The number of nitrogen functional groups attached to an aromatic ring is 1. The molecule has 0 fully saturated rings. The first kappa shape index (κ1) is 12.0. The van der Waals surface area contributed by atoms with Gasteiger partial charge in [0.2, 0.25) is 0 Å². The molecule has 3 rings (SSSR count). The van der Waals surface area contributed by atoms with Crippen molar-refractivity contribution < 1.29 is 4.74 Å². The standard InChI is InChI=1S/C14H15N3OS/c1-3-18-11-6-4-10(5-7-11)13-9(2)19-14-16-8-12(15)17(13)14/h4-8H,3,15H2,1-2H3. The molecule has 98 valence electrons. The number of ether oxygens (including phenoxy) is 1. The van der Waals surface area contributed by atoms with Crippen LogP contribution in [0.15, 0.2) is 30.5 Å². The monoisotopic (exact) mass is 273 g/mol. The number of aromatic nitrogens is 2. The number of nitrogens with zero attached hydrogens (tertiary/aromatic N) is 2. The second-order valence-electron chi connectivity index (χ2n) is 4.27. The minimum absolute atomic E-state index is 0.670. The molecule has 2 heterocycles. The van der Waals surface area contributed by atoms with Crippen LogP contribution in [0.5, 0.6) is 5.75 Å². The Morgan fingerprint density at radius 2 is 2.05 bits per heavy atom. The first-order chi connectivity index (χ1) is 9.20. The van der Waals surface area contributed by atoms with E-state index in [2.05, 4.69) is 24.0 Å². The summed E-state index contributed by atoms with van der Waals surface area (Å²) < 4.78 is 7.46. The van der Waals surface area contributed by atoms with Crippen LogP contribution >= 0.6 is 11.3 Å². The summed E-state index contributed by atoms with van der Waals surface area (Å²) in [7, 11) is 0. The Hall–Kier alpha value is -2.01. The summed E-state index contributed by atoms with van der Waals surface area (Å²) in [6, 6.07) is 8.07. The zero-order valence-corrected chi connectivity index (χ0v) is 11.7. The summed E-state index contributed by atoms with van der Waals surface area (Å²) in [5, 5.41) is 0. The van der Waals surface area contributed by atoms with E-state index in [0.29, 0.717) is 12.4 Å². The van der Waals surface area contributed by atoms with E-state index in [-0.39, 0.29) is 0 Å². The fourth-order valence-corrected chi connectivity index (χ4v) is 3.17. The smallest absolute Gasteiger partial charge is 0.196 e. The second-order valence-corrected chi connectivity index (χ2v) is 5.45. The average Bonchev–Trinajstić information content (AvgIpc) is 2.91. The molecule has 0 unspecified atom stereocenters. The predicted octanol–water partition coefficient (Wildman–Crippen LogP) is 3.35. The summed E-state index contributed by atoms with van der Waals surface area (Å²) in [4.78, 5) is 6.44. The topological polar surface area (TPSA) is 52.5 Å². The van der Waals surface area contributed by atoms with Gasteiger partial charge in [-0.3, -0.25) is 4.40 Å². The van der Waals surface area contributed by atoms with Crippen LogP contribution in [0.2, 0.25) is 0 Å². The van der Waals surface area contributed by atoms with Gasteiger partial charge in [0, 0.05) is 10.4 Å². The van der Waals surface area contributed by atoms with Gasteiger partial charge in [-0.15, -0.1) is 11.3 Å². The molecular formula is C14H15N3OS. The number of hydrogen-bond donors (Lipinski definition) is 1. The van der Waals surface area contributed by atoms with Crippen LogP contribution in [-0.4, -0.2) is 16.0 Å². The van der Waals surface area contributed by atoms with Gasteiger partial charge in [-0.1, -0.05) is 0 Å². The number of fused-ring (bicyclic) bond motifs is 1. The lowest BCUT2D eigenvalue weighted by molar-refractivity contribution is 0.340. The van der Waals surface area contributed by atoms with Crippen molar-refractivity contribution in [2.24, 2.45) is 0 Å². The molecule has 0 amide bonds. The number of aryl methyl sites for hydroxylation is 1. The highest BCUT2D eigenvalue weighted by molar-refractivity contribution is 7.17. The van der Waals surface area contributed by atoms with Gasteiger partial charge in [-0.05, 0) is 38.1 Å². The van der Waals surface area contributed by atoms with Crippen LogP contribution in [0.25, 0.3) is 16.2 Å². The van der Waals surface area contributed by atoms with E-state index in [1.165, 1.54) is 4.88 Å². The predicted molar refractivity (Wildman–Crippen MR) is 78.8 cm³/mol. The Bertz CT molecular complexity index is 712. The molecule has 0 saturated carbocycles. The Morgan fingerprint density at radius 3 is 2.74 bits per heavy atom. The van der Waals surface area contributed by atoms with Gasteiger partial charge in [-0.25, -0.2) is 4.98 Å². The van der Waals surface area contributed by atoms with Crippen LogP contribution < -0.4 is 10.5 Å². The molecule has 5 heteroatoms. The van der Waals surface area contributed by atoms with Crippen LogP contribution in [0.3, 0.4) is 0 Å². The lowest BCUT2D eigenvalue weighted by Gasteiger charge is -2.06. The number of nitrogens with two attached hydrogens (primary N) is 1. The molecule has 0 aliphatic heterocycles. The molecule has 3 aromatic rings. The molecule has 0 radical (unpaired) electrons. The zero-order chi connectivity index (χ0) is 13.4. The van der Waals surface area contributed by atoms with Gasteiger partial charge in [-0.2, -0.15) is 0 Å². The Labute approximate surface area is 115 Å². The first-order valence-electron chi connectivity index (χ1n) is 6.16. The average molecular weight is 273 g/mol. The quantitative estimate of drug-likeness (QED) is 0.796. The fourth-order valence-electron chi connectivity index (χ4n) is 2.19. The Kier molecular flexibility index (Phi) is 2.91. The number of rotatable bonds is 3. The summed E-state index contributed by atoms with van der Waals surface area (Å²) >= 11 is 1.65. The van der Waals surface area contributed by atoms with Crippen molar-refractivity contribution in [1.29, 1.82) is 0 Å². The molecule has 0 spiro atoms. The van der Waals surface area contributed by atoms with E-state index in [1.54, 1.807) is 17.5 Å². The number of anilines is 1. The summed E-state index contributed by atoms with van der Waals surface area (Å²) in [6.07, 6.45) is 1.70. The Morgan fingerprint density at radius 1 is 1.32 bits per heavy atom. The number of thiazole rings is 1. The zero-order valence-electron chi connectivity index (χ0n) is 10.9. The SMILES string of the molecule is CCOc1ccc(-c2c(C)sc3ncc(N)n23)cc1. The van der Waals surface area contributed by atoms with E-state index >= 15 is 0 Å². The summed E-state index contributed by atoms with van der Waals surface area (Å²) in [5.74, 6) is 1.55. The third-order valence-corrected chi connectivity index (χ3v) is 3.97. The summed E-state index contributed by atoms with van der Waals surface area (Å²) in [6.45, 7) is 4.74. The minimum atomic E-state index is 0.670. The Balaban J connectivity index is 2.12. The molecule has 19 heavy (non-hydrogen) atoms. The molecule has 0 saturated heterocycles. The van der Waals surface area contributed by atoms with Crippen molar-refractivity contribution in [3.63, 3.8) is 0 Å². The number of hydrogen-bond acceptors (Lipinski definition) is 4. The normalized spacial score (nSPS) is 11.1. The van der Waals surface area contributed by atoms with Gasteiger partial charge in [0.15, 0.2) is 4.96 Å². The molecular weight excluding hydrogens is 258 g/mol. The first-order valence-corrected chi connectivity index (χ1v) is 6.98. The molecule has 2 N–H and O–H groups in total. The van der Waals surface area contributed by atoms with Crippen LogP contribution in [0.4, 0.5) is 5.82 Å². The van der Waals surface area contributed by atoms with Crippen molar-refractivity contribution >= 4 is 22.1 Å². The second kappa shape index (κ2) is 4.59. The lowest BCUT2D eigenvalue weighted by Crippen LogP contribution is -1.95.